The van der Waals surface area contributed by atoms with E-state index in [1.807, 2.05) is 0 Å². The number of hydrogen-bond donors (Lipinski definition) is 1. The molecule has 0 saturated heterocycles. The molecule has 21 heavy (non-hydrogen) atoms. The summed E-state index contributed by atoms with van der Waals surface area (Å²) in [5.41, 5.74) is 0.0254. The zero-order valence-electron chi connectivity index (χ0n) is 11.3. The van der Waals surface area contributed by atoms with Crippen LogP contribution in [0, 0.1) is 0 Å². The van der Waals surface area contributed by atoms with E-state index in [0.717, 1.165) is 0 Å². The third-order valence-electron chi connectivity index (χ3n) is 2.75. The van der Waals surface area contributed by atoms with E-state index < -0.39 is 10.0 Å². The average molecular weight is 329 g/mol. The number of nitrogens with zero attached hydrogens (tertiary/aromatic N) is 1. The van der Waals surface area contributed by atoms with Crippen LogP contribution in [0.2, 0.25) is 5.02 Å². The lowest BCUT2D eigenvalue weighted by Crippen LogP contribution is -2.18. The Morgan fingerprint density at radius 1 is 1.24 bits per heavy atom. The third kappa shape index (κ3) is 3.37. The predicted octanol–water partition coefficient (Wildman–Crippen LogP) is 1.85. The molecule has 0 aliphatic carbocycles. The first-order valence-corrected chi connectivity index (χ1v) is 7.72. The Morgan fingerprint density at radius 2 is 1.95 bits per heavy atom. The van der Waals surface area contributed by atoms with Crippen molar-refractivity contribution in [3.05, 3.63) is 51.9 Å². The van der Waals surface area contributed by atoms with Gasteiger partial charge >= 0.3 is 0 Å². The molecule has 112 valence electrons. The highest BCUT2D eigenvalue weighted by molar-refractivity contribution is 7.92. The van der Waals surface area contributed by atoms with Gasteiger partial charge in [-0.3, -0.25) is 9.52 Å². The monoisotopic (exact) mass is 328 g/mol. The first kappa shape index (κ1) is 15.4. The largest absolute Gasteiger partial charge is 0.495 e. The van der Waals surface area contributed by atoms with E-state index in [1.54, 1.807) is 0 Å². The highest BCUT2D eigenvalue weighted by Crippen LogP contribution is 2.28. The minimum atomic E-state index is -3.88. The normalized spacial score (nSPS) is 11.2. The number of methoxy groups -OCH3 is 1. The van der Waals surface area contributed by atoms with Gasteiger partial charge in [0.05, 0.1) is 12.8 Å². The van der Waals surface area contributed by atoms with E-state index in [-0.39, 0.29) is 26.9 Å². The van der Waals surface area contributed by atoms with Crippen molar-refractivity contribution in [2.45, 2.75) is 4.90 Å². The second-order valence-corrected chi connectivity index (χ2v) is 6.35. The molecule has 0 saturated carbocycles. The van der Waals surface area contributed by atoms with Gasteiger partial charge in [-0.05, 0) is 24.3 Å². The molecule has 0 fully saturated rings. The van der Waals surface area contributed by atoms with Gasteiger partial charge in [-0.25, -0.2) is 8.42 Å². The topological polar surface area (TPSA) is 77.4 Å². The van der Waals surface area contributed by atoms with Crippen molar-refractivity contribution in [3.8, 4) is 5.75 Å². The summed E-state index contributed by atoms with van der Waals surface area (Å²) < 4.78 is 33.5. The maximum absolute atomic E-state index is 12.4. The number of ether oxygens (including phenoxy) is 1. The number of aryl methyl sites for hydroxylation is 1. The zero-order chi connectivity index (χ0) is 15.6. The Hall–Kier alpha value is -1.99. The lowest BCUT2D eigenvalue weighted by atomic mass is 10.3. The van der Waals surface area contributed by atoms with Crippen LogP contribution in [-0.2, 0) is 17.1 Å². The van der Waals surface area contributed by atoms with Gasteiger partial charge in [0.1, 0.15) is 10.6 Å². The molecule has 0 aliphatic rings. The van der Waals surface area contributed by atoms with Crippen molar-refractivity contribution in [3.63, 3.8) is 0 Å². The summed E-state index contributed by atoms with van der Waals surface area (Å²) in [6, 6.07) is 6.96. The maximum atomic E-state index is 12.4. The molecule has 1 N–H and O–H groups in total. The molecule has 0 atom stereocenters. The molecular formula is C13H13ClN2O4S. The number of halogens is 1. The highest BCUT2D eigenvalue weighted by Gasteiger charge is 2.20. The van der Waals surface area contributed by atoms with Crippen molar-refractivity contribution < 1.29 is 13.2 Å². The van der Waals surface area contributed by atoms with Crippen LogP contribution in [0.1, 0.15) is 0 Å². The molecule has 0 radical (unpaired) electrons. The summed E-state index contributed by atoms with van der Waals surface area (Å²) in [5.74, 6) is 0.178. The molecule has 8 heteroatoms. The third-order valence-corrected chi connectivity index (χ3v) is 4.39. The summed E-state index contributed by atoms with van der Waals surface area (Å²) in [4.78, 5) is 11.2. The molecule has 6 nitrogen and oxygen atoms in total. The maximum Gasteiger partial charge on any atom is 0.265 e. The van der Waals surface area contributed by atoms with Crippen molar-refractivity contribution in [2.75, 3.05) is 11.8 Å². The van der Waals surface area contributed by atoms with E-state index in [2.05, 4.69) is 4.72 Å². The van der Waals surface area contributed by atoms with Gasteiger partial charge in [0, 0.05) is 24.3 Å². The number of aromatic nitrogens is 1. The molecule has 0 aliphatic heterocycles. The van der Waals surface area contributed by atoms with Crippen LogP contribution in [0.3, 0.4) is 0 Å². The zero-order valence-corrected chi connectivity index (χ0v) is 12.9. The first-order valence-electron chi connectivity index (χ1n) is 5.86. The van der Waals surface area contributed by atoms with Crippen LogP contribution in [0.15, 0.2) is 46.2 Å². The number of benzene rings is 1. The fourth-order valence-corrected chi connectivity index (χ4v) is 3.20. The summed E-state index contributed by atoms with van der Waals surface area (Å²) in [7, 11) is -0.986. The fraction of sp³-hybridized carbons (Fsp3) is 0.154. The van der Waals surface area contributed by atoms with Gasteiger partial charge in [0.15, 0.2) is 0 Å². The van der Waals surface area contributed by atoms with E-state index in [0.29, 0.717) is 0 Å². The lowest BCUT2D eigenvalue weighted by molar-refractivity contribution is 0.403. The Morgan fingerprint density at radius 3 is 2.57 bits per heavy atom. The lowest BCUT2D eigenvalue weighted by Gasteiger charge is -2.12. The molecule has 0 unspecified atom stereocenters. The van der Waals surface area contributed by atoms with Crippen LogP contribution in [-0.4, -0.2) is 20.1 Å². The number of anilines is 1. The molecule has 1 aromatic carbocycles. The van der Waals surface area contributed by atoms with Gasteiger partial charge in [0.25, 0.3) is 10.0 Å². The second kappa shape index (κ2) is 5.79. The number of rotatable bonds is 4. The van der Waals surface area contributed by atoms with Crippen LogP contribution >= 0.6 is 11.6 Å². The van der Waals surface area contributed by atoms with Gasteiger partial charge in [-0.2, -0.15) is 0 Å². The van der Waals surface area contributed by atoms with Crippen molar-refractivity contribution >= 4 is 27.3 Å². The predicted molar refractivity (Wildman–Crippen MR) is 80.5 cm³/mol. The summed E-state index contributed by atoms with van der Waals surface area (Å²) in [6.45, 7) is 0. The Bertz CT molecular complexity index is 830. The number of sulfonamides is 1. The average Bonchev–Trinajstić information content (AvgIpc) is 2.42. The molecule has 2 rings (SSSR count). The summed E-state index contributed by atoms with van der Waals surface area (Å²) >= 11 is 5.84. The van der Waals surface area contributed by atoms with Crippen LogP contribution in [0.25, 0.3) is 0 Å². The van der Waals surface area contributed by atoms with Crippen LogP contribution in [0.5, 0.6) is 5.75 Å². The van der Waals surface area contributed by atoms with Crippen LogP contribution < -0.4 is 15.0 Å². The Kier molecular flexibility index (Phi) is 4.24. The van der Waals surface area contributed by atoms with Crippen LogP contribution in [0.4, 0.5) is 5.69 Å². The summed E-state index contributed by atoms with van der Waals surface area (Å²) in [5, 5.41) is 0.275. The smallest absolute Gasteiger partial charge is 0.265 e. The van der Waals surface area contributed by atoms with Crippen molar-refractivity contribution in [1.82, 2.24) is 4.57 Å². The second-order valence-electron chi connectivity index (χ2n) is 4.27. The Labute approximate surface area is 127 Å². The van der Waals surface area contributed by atoms with Crippen molar-refractivity contribution in [2.24, 2.45) is 7.05 Å². The SMILES string of the molecule is COc1ccc(Cl)cc1S(=O)(=O)Nc1ccc(=O)n(C)c1. The quantitative estimate of drug-likeness (QED) is 0.929. The molecule has 2 aromatic rings. The molecular weight excluding hydrogens is 316 g/mol. The first-order chi connectivity index (χ1) is 9.83. The van der Waals surface area contributed by atoms with E-state index in [4.69, 9.17) is 16.3 Å². The van der Waals surface area contributed by atoms with Crippen molar-refractivity contribution in [1.29, 1.82) is 0 Å². The molecule has 0 bridgehead atoms. The van der Waals surface area contributed by atoms with E-state index in [9.17, 15) is 13.2 Å². The number of pyridine rings is 1. The standard InChI is InChI=1S/C13H13ClN2O4S/c1-16-8-10(4-6-13(16)17)15-21(18,19)12-7-9(14)3-5-11(12)20-2/h3-8,15H,1-2H3. The summed E-state index contributed by atoms with van der Waals surface area (Å²) in [6.07, 6.45) is 1.39. The van der Waals surface area contributed by atoms with Gasteiger partial charge in [-0.15, -0.1) is 0 Å². The fourth-order valence-electron chi connectivity index (χ4n) is 1.72. The molecule has 0 amide bonds. The van der Waals surface area contributed by atoms with E-state index >= 15 is 0 Å². The molecule has 1 aromatic heterocycles. The van der Waals surface area contributed by atoms with E-state index in [1.165, 1.54) is 55.3 Å². The number of hydrogen-bond acceptors (Lipinski definition) is 4. The molecule has 1 heterocycles. The van der Waals surface area contributed by atoms with Gasteiger partial charge in [0.2, 0.25) is 5.56 Å². The van der Waals surface area contributed by atoms with Gasteiger partial charge in [-0.1, -0.05) is 11.6 Å². The Balaban J connectivity index is 2.45. The minimum absolute atomic E-state index is 0.0775. The number of nitrogens with one attached hydrogen (secondary N) is 1. The van der Waals surface area contributed by atoms with Gasteiger partial charge < -0.3 is 9.30 Å². The minimum Gasteiger partial charge on any atom is -0.495 e. The molecule has 0 spiro atoms. The highest BCUT2D eigenvalue weighted by atomic mass is 35.5.